The van der Waals surface area contributed by atoms with E-state index < -0.39 is 5.97 Å². The molecule has 0 bridgehead atoms. The third-order valence-corrected chi connectivity index (χ3v) is 3.82. The molecule has 17 heavy (non-hydrogen) atoms. The molecule has 3 rings (SSSR count). The zero-order valence-electron chi connectivity index (χ0n) is 8.68. The Balaban J connectivity index is 2.48. The molecule has 0 aliphatic carbocycles. The summed E-state index contributed by atoms with van der Waals surface area (Å²) >= 11 is 1.48. The normalized spacial score (nSPS) is 11.1. The number of hydrogen-bond donors (Lipinski definition) is 2. The highest BCUT2D eigenvalue weighted by Gasteiger charge is 2.13. The minimum absolute atomic E-state index is 0.0253. The molecule has 3 nitrogen and oxygen atoms in total. The Labute approximate surface area is 101 Å². The van der Waals surface area contributed by atoms with E-state index in [9.17, 15) is 9.90 Å². The van der Waals surface area contributed by atoms with Gasteiger partial charge in [0.15, 0.2) is 0 Å². The van der Waals surface area contributed by atoms with Crippen molar-refractivity contribution in [2.45, 2.75) is 0 Å². The van der Waals surface area contributed by atoms with Crippen molar-refractivity contribution in [2.75, 3.05) is 0 Å². The number of hydrogen-bond acceptors (Lipinski definition) is 3. The number of phenolic OH excluding ortho intramolecular Hbond substituents is 1. The van der Waals surface area contributed by atoms with Gasteiger partial charge in [-0.3, -0.25) is 0 Å². The number of fused-ring (bicyclic) bond motifs is 3. The monoisotopic (exact) mass is 244 g/mol. The first-order chi connectivity index (χ1) is 8.16. The number of aromatic hydroxyl groups is 1. The number of thiophene rings is 1. The molecule has 0 atom stereocenters. The molecular weight excluding hydrogens is 236 g/mol. The Morgan fingerprint density at radius 3 is 2.65 bits per heavy atom. The maximum atomic E-state index is 10.9. The van der Waals surface area contributed by atoms with Crippen molar-refractivity contribution < 1.29 is 15.0 Å². The molecule has 0 saturated heterocycles. The maximum absolute atomic E-state index is 10.9. The minimum atomic E-state index is -1.03. The highest BCUT2D eigenvalue weighted by atomic mass is 32.1. The van der Waals surface area contributed by atoms with Crippen molar-refractivity contribution >= 4 is 37.5 Å². The van der Waals surface area contributed by atoms with Crippen LogP contribution in [0.5, 0.6) is 5.75 Å². The average molecular weight is 244 g/mol. The van der Waals surface area contributed by atoms with Crippen molar-refractivity contribution in [3.8, 4) is 5.75 Å². The van der Waals surface area contributed by atoms with E-state index >= 15 is 0 Å². The maximum Gasteiger partial charge on any atom is 0.335 e. The first kappa shape index (κ1) is 10.1. The van der Waals surface area contributed by atoms with Gasteiger partial charge in [-0.2, -0.15) is 0 Å². The molecular formula is C13H8O3S. The molecule has 1 aromatic heterocycles. The predicted octanol–water partition coefficient (Wildman–Crippen LogP) is 3.46. The van der Waals surface area contributed by atoms with Gasteiger partial charge in [0.05, 0.1) is 5.56 Å². The fourth-order valence-corrected chi connectivity index (χ4v) is 3.12. The molecule has 0 saturated carbocycles. The predicted molar refractivity (Wildman–Crippen MR) is 68.0 cm³/mol. The lowest BCUT2D eigenvalue weighted by Gasteiger charge is -1.99. The smallest absolute Gasteiger partial charge is 0.335 e. The van der Waals surface area contributed by atoms with E-state index in [1.165, 1.54) is 17.4 Å². The third-order valence-electron chi connectivity index (χ3n) is 2.70. The van der Waals surface area contributed by atoms with E-state index in [1.807, 2.05) is 24.3 Å². The molecule has 0 radical (unpaired) electrons. The van der Waals surface area contributed by atoms with Gasteiger partial charge >= 0.3 is 5.97 Å². The standard InChI is InChI=1S/C13H8O3S/c14-9-5-7(13(15)16)6-11-12(9)8-3-1-2-4-10(8)17-11/h1-6,14H,(H,15,16). The Bertz CT molecular complexity index is 743. The van der Waals surface area contributed by atoms with Crippen LogP contribution in [0.2, 0.25) is 0 Å². The highest BCUT2D eigenvalue weighted by Crippen LogP contribution is 2.39. The molecule has 2 aromatic carbocycles. The van der Waals surface area contributed by atoms with Crippen LogP contribution in [0.4, 0.5) is 0 Å². The second-order valence-corrected chi connectivity index (χ2v) is 4.86. The second-order valence-electron chi connectivity index (χ2n) is 3.77. The van der Waals surface area contributed by atoms with Crippen molar-refractivity contribution in [2.24, 2.45) is 0 Å². The molecule has 0 fully saturated rings. The summed E-state index contributed by atoms with van der Waals surface area (Å²) in [5, 5.41) is 20.6. The number of aromatic carboxylic acids is 1. The first-order valence-electron chi connectivity index (χ1n) is 5.04. The molecule has 0 aliphatic rings. The summed E-state index contributed by atoms with van der Waals surface area (Å²) in [4.78, 5) is 10.9. The zero-order valence-corrected chi connectivity index (χ0v) is 9.49. The number of benzene rings is 2. The summed E-state index contributed by atoms with van der Waals surface area (Å²) in [6, 6.07) is 10.6. The van der Waals surface area contributed by atoms with E-state index in [0.717, 1.165) is 20.2 Å². The van der Waals surface area contributed by atoms with Crippen molar-refractivity contribution in [3.63, 3.8) is 0 Å². The van der Waals surface area contributed by atoms with E-state index in [1.54, 1.807) is 6.07 Å². The Kier molecular flexibility index (Phi) is 2.06. The van der Waals surface area contributed by atoms with Crippen molar-refractivity contribution in [1.29, 1.82) is 0 Å². The fourth-order valence-electron chi connectivity index (χ4n) is 1.96. The van der Waals surface area contributed by atoms with E-state index in [-0.39, 0.29) is 11.3 Å². The molecule has 0 spiro atoms. The lowest BCUT2D eigenvalue weighted by Crippen LogP contribution is -1.94. The van der Waals surface area contributed by atoms with Gasteiger partial charge < -0.3 is 10.2 Å². The summed E-state index contributed by atoms with van der Waals surface area (Å²) in [6.45, 7) is 0. The molecule has 4 heteroatoms. The van der Waals surface area contributed by atoms with Crippen LogP contribution in [0.1, 0.15) is 10.4 Å². The van der Waals surface area contributed by atoms with Gasteiger partial charge in [0.2, 0.25) is 0 Å². The number of carboxylic acids is 1. The zero-order chi connectivity index (χ0) is 12.0. The number of phenols is 1. The highest BCUT2D eigenvalue weighted by molar-refractivity contribution is 7.25. The van der Waals surface area contributed by atoms with Crippen LogP contribution in [0, 0.1) is 0 Å². The Morgan fingerprint density at radius 1 is 1.12 bits per heavy atom. The van der Waals surface area contributed by atoms with Gasteiger partial charge in [-0.15, -0.1) is 11.3 Å². The summed E-state index contributed by atoms with van der Waals surface area (Å²) < 4.78 is 1.84. The molecule has 2 N–H and O–H groups in total. The number of carbonyl (C=O) groups is 1. The van der Waals surface area contributed by atoms with Crippen LogP contribution < -0.4 is 0 Å². The minimum Gasteiger partial charge on any atom is -0.507 e. The van der Waals surface area contributed by atoms with Crippen LogP contribution in [-0.2, 0) is 0 Å². The number of carboxylic acid groups (broad SMARTS) is 1. The van der Waals surface area contributed by atoms with Gasteiger partial charge in [-0.1, -0.05) is 18.2 Å². The molecule has 0 amide bonds. The van der Waals surface area contributed by atoms with Crippen LogP contribution >= 0.6 is 11.3 Å². The molecule has 0 unspecified atom stereocenters. The van der Waals surface area contributed by atoms with E-state index in [4.69, 9.17) is 5.11 Å². The summed E-state index contributed by atoms with van der Waals surface area (Å²) in [6.07, 6.45) is 0. The summed E-state index contributed by atoms with van der Waals surface area (Å²) in [5.41, 5.74) is 0.113. The largest absolute Gasteiger partial charge is 0.507 e. The fraction of sp³-hybridized carbons (Fsp3) is 0. The lowest BCUT2D eigenvalue weighted by molar-refractivity contribution is 0.0696. The summed E-state index contributed by atoms with van der Waals surface area (Å²) in [5.74, 6) is -1.00. The molecule has 84 valence electrons. The van der Waals surface area contributed by atoms with Gasteiger partial charge in [-0.05, 0) is 18.2 Å². The van der Waals surface area contributed by atoms with E-state index in [2.05, 4.69) is 0 Å². The van der Waals surface area contributed by atoms with Crippen molar-refractivity contribution in [3.05, 3.63) is 42.0 Å². The van der Waals surface area contributed by atoms with Gasteiger partial charge in [0.1, 0.15) is 5.75 Å². The van der Waals surface area contributed by atoms with Gasteiger partial charge in [0.25, 0.3) is 0 Å². The molecule has 0 aliphatic heterocycles. The van der Waals surface area contributed by atoms with Crippen LogP contribution in [0.25, 0.3) is 20.2 Å². The van der Waals surface area contributed by atoms with Gasteiger partial charge in [0, 0.05) is 20.2 Å². The van der Waals surface area contributed by atoms with Crippen molar-refractivity contribution in [1.82, 2.24) is 0 Å². The quantitative estimate of drug-likeness (QED) is 0.689. The Morgan fingerprint density at radius 2 is 1.88 bits per heavy atom. The molecule has 3 aromatic rings. The number of rotatable bonds is 1. The SMILES string of the molecule is O=C(O)c1cc(O)c2c(c1)sc1ccccc12. The van der Waals surface area contributed by atoms with E-state index in [0.29, 0.717) is 0 Å². The molecule has 1 heterocycles. The van der Waals surface area contributed by atoms with Crippen LogP contribution in [-0.4, -0.2) is 16.2 Å². The lowest BCUT2D eigenvalue weighted by atomic mass is 10.1. The average Bonchev–Trinajstić information content (AvgIpc) is 2.67. The first-order valence-corrected chi connectivity index (χ1v) is 5.86. The third kappa shape index (κ3) is 1.45. The van der Waals surface area contributed by atoms with Crippen LogP contribution in [0.15, 0.2) is 36.4 Å². The second kappa shape index (κ2) is 3.46. The van der Waals surface area contributed by atoms with Crippen LogP contribution in [0.3, 0.4) is 0 Å². The Hall–Kier alpha value is -2.07. The summed E-state index contributed by atoms with van der Waals surface area (Å²) in [7, 11) is 0. The van der Waals surface area contributed by atoms with Gasteiger partial charge in [-0.25, -0.2) is 4.79 Å². The topological polar surface area (TPSA) is 57.5 Å².